The van der Waals surface area contributed by atoms with E-state index in [1.807, 2.05) is 0 Å². The number of hydrogen-bond acceptors (Lipinski definition) is 4. The topological polar surface area (TPSA) is 84.9 Å². The van der Waals surface area contributed by atoms with E-state index in [0.717, 1.165) is 19.3 Å². The Morgan fingerprint density at radius 1 is 1.04 bits per heavy atom. The lowest BCUT2D eigenvalue weighted by Gasteiger charge is -2.27. The Morgan fingerprint density at radius 2 is 1.74 bits per heavy atom. The van der Waals surface area contributed by atoms with Crippen molar-refractivity contribution in [1.82, 2.24) is 0 Å². The van der Waals surface area contributed by atoms with Gasteiger partial charge in [-0.1, -0.05) is 0 Å². The number of ether oxygens (including phenoxy) is 2. The maximum Gasteiger partial charge on any atom is 0.307 e. The fraction of sp³-hybridized carbons (Fsp3) is 0.529. The Kier molecular flexibility index (Phi) is 3.39. The first-order valence-corrected chi connectivity index (χ1v) is 8.07. The average Bonchev–Trinajstić information content (AvgIpc) is 3.15. The molecule has 0 aromatic heterocycles. The first kappa shape index (κ1) is 14.4. The fourth-order valence-electron chi connectivity index (χ4n) is 4.37. The molecule has 2 saturated carbocycles. The molecule has 6 nitrogen and oxygen atoms in total. The molecule has 2 fully saturated rings. The molecule has 0 radical (unpaired) electrons. The highest BCUT2D eigenvalue weighted by Gasteiger charge is 2.53. The van der Waals surface area contributed by atoms with Gasteiger partial charge in [-0.3, -0.25) is 9.59 Å². The molecule has 4 atom stereocenters. The minimum absolute atomic E-state index is 0.147. The number of carboxylic acids is 1. The van der Waals surface area contributed by atoms with E-state index >= 15 is 0 Å². The number of carboxylic acid groups (broad SMARTS) is 1. The number of aliphatic carboxylic acids is 1. The number of amides is 1. The van der Waals surface area contributed by atoms with Gasteiger partial charge in [-0.15, -0.1) is 0 Å². The van der Waals surface area contributed by atoms with Gasteiger partial charge in [-0.2, -0.15) is 0 Å². The zero-order chi connectivity index (χ0) is 16.0. The summed E-state index contributed by atoms with van der Waals surface area (Å²) in [6, 6.07) is 5.25. The van der Waals surface area contributed by atoms with Crippen LogP contribution in [0.2, 0.25) is 0 Å². The van der Waals surface area contributed by atoms with Crippen LogP contribution < -0.4 is 14.8 Å². The van der Waals surface area contributed by atoms with E-state index in [1.54, 1.807) is 18.2 Å². The first-order chi connectivity index (χ1) is 11.1. The molecule has 4 rings (SSSR count). The number of benzene rings is 1. The van der Waals surface area contributed by atoms with Crippen molar-refractivity contribution < 1.29 is 24.2 Å². The zero-order valence-electron chi connectivity index (χ0n) is 12.7. The van der Waals surface area contributed by atoms with Gasteiger partial charge in [0.15, 0.2) is 11.5 Å². The minimum Gasteiger partial charge on any atom is -0.486 e. The molecule has 3 aliphatic rings. The van der Waals surface area contributed by atoms with Crippen LogP contribution in [-0.4, -0.2) is 30.2 Å². The van der Waals surface area contributed by atoms with Gasteiger partial charge in [0.1, 0.15) is 13.2 Å². The third-order valence-electron chi connectivity index (χ3n) is 5.31. The van der Waals surface area contributed by atoms with Gasteiger partial charge in [0.2, 0.25) is 5.91 Å². The summed E-state index contributed by atoms with van der Waals surface area (Å²) in [5, 5.41) is 12.3. The van der Waals surface area contributed by atoms with Gasteiger partial charge < -0.3 is 19.9 Å². The second-order valence-corrected chi connectivity index (χ2v) is 6.57. The number of carbonyl (C=O) groups is 2. The lowest BCUT2D eigenvalue weighted by molar-refractivity contribution is -0.148. The van der Waals surface area contributed by atoms with Crippen molar-refractivity contribution in [3.63, 3.8) is 0 Å². The Balaban J connectivity index is 1.52. The van der Waals surface area contributed by atoms with Crippen LogP contribution in [0.1, 0.15) is 19.3 Å². The summed E-state index contributed by atoms with van der Waals surface area (Å²) in [7, 11) is 0. The summed E-state index contributed by atoms with van der Waals surface area (Å²) < 4.78 is 11.0. The van der Waals surface area contributed by atoms with Crippen molar-refractivity contribution in [2.75, 3.05) is 18.5 Å². The van der Waals surface area contributed by atoms with Gasteiger partial charge >= 0.3 is 5.97 Å². The summed E-state index contributed by atoms with van der Waals surface area (Å²) in [5.41, 5.74) is 0.617. The molecule has 122 valence electrons. The first-order valence-electron chi connectivity index (χ1n) is 8.07. The molecule has 2 aliphatic carbocycles. The molecular weight excluding hydrogens is 298 g/mol. The molecule has 2 bridgehead atoms. The third-order valence-corrected chi connectivity index (χ3v) is 5.31. The Bertz CT molecular complexity index is 658. The largest absolute Gasteiger partial charge is 0.486 e. The molecule has 1 aliphatic heterocycles. The monoisotopic (exact) mass is 317 g/mol. The molecule has 1 heterocycles. The highest BCUT2D eigenvalue weighted by Crippen LogP contribution is 2.52. The molecule has 2 N–H and O–H groups in total. The average molecular weight is 317 g/mol. The lowest BCUT2D eigenvalue weighted by atomic mass is 9.78. The maximum atomic E-state index is 12.6. The standard InChI is InChI=1S/C17H19NO5/c19-16(14-9-1-2-10(7-9)15(14)17(20)21)18-11-3-4-12-13(8-11)23-6-5-22-12/h3-4,8-10,14-15H,1-2,5-7H2,(H,18,19)(H,20,21)/t9-,10-,14+,15+/m0/s1. The highest BCUT2D eigenvalue weighted by atomic mass is 16.6. The number of hydrogen-bond donors (Lipinski definition) is 2. The summed E-state index contributed by atoms with van der Waals surface area (Å²) >= 11 is 0. The number of rotatable bonds is 3. The summed E-state index contributed by atoms with van der Waals surface area (Å²) in [5.74, 6) is -0.410. The van der Waals surface area contributed by atoms with Crippen LogP contribution in [-0.2, 0) is 9.59 Å². The number of fused-ring (bicyclic) bond motifs is 3. The van der Waals surface area contributed by atoms with Crippen molar-refractivity contribution in [2.45, 2.75) is 19.3 Å². The number of carbonyl (C=O) groups excluding carboxylic acids is 1. The molecule has 0 spiro atoms. The fourth-order valence-corrected chi connectivity index (χ4v) is 4.37. The van der Waals surface area contributed by atoms with Crippen molar-refractivity contribution in [3.8, 4) is 11.5 Å². The molecule has 0 unspecified atom stereocenters. The molecule has 1 aromatic rings. The van der Waals surface area contributed by atoms with E-state index in [-0.39, 0.29) is 17.7 Å². The van der Waals surface area contributed by atoms with Crippen molar-refractivity contribution >= 4 is 17.6 Å². The normalized spacial score (nSPS) is 31.0. The van der Waals surface area contributed by atoms with Crippen LogP contribution in [0.3, 0.4) is 0 Å². The molecule has 1 aromatic carbocycles. The summed E-state index contributed by atoms with van der Waals surface area (Å²) in [4.78, 5) is 24.2. The zero-order valence-corrected chi connectivity index (χ0v) is 12.7. The predicted molar refractivity (Wildman–Crippen MR) is 81.5 cm³/mol. The van der Waals surface area contributed by atoms with Crippen molar-refractivity contribution in [1.29, 1.82) is 0 Å². The SMILES string of the molecule is O=C(O)[C@@H]1[C@H]2CC[C@@H](C2)[C@H]1C(=O)Nc1ccc2c(c1)OCCO2. The minimum atomic E-state index is -0.848. The predicted octanol–water partition coefficient (Wildman–Crippen LogP) is 2.14. The van der Waals surface area contributed by atoms with E-state index in [0.29, 0.717) is 30.4 Å². The van der Waals surface area contributed by atoms with Gasteiger partial charge in [0.05, 0.1) is 11.8 Å². The van der Waals surface area contributed by atoms with Gasteiger partial charge in [0, 0.05) is 11.8 Å². The van der Waals surface area contributed by atoms with Crippen LogP contribution in [0.4, 0.5) is 5.69 Å². The van der Waals surface area contributed by atoms with Gasteiger partial charge in [0.25, 0.3) is 0 Å². The summed E-state index contributed by atoms with van der Waals surface area (Å²) in [6.07, 6.45) is 2.74. The molecular formula is C17H19NO5. The van der Waals surface area contributed by atoms with E-state index in [9.17, 15) is 14.7 Å². The second-order valence-electron chi connectivity index (χ2n) is 6.57. The summed E-state index contributed by atoms with van der Waals surface area (Å²) in [6.45, 7) is 1.00. The van der Waals surface area contributed by atoms with Crippen LogP contribution in [0.25, 0.3) is 0 Å². The van der Waals surface area contributed by atoms with Crippen LogP contribution in [0.5, 0.6) is 11.5 Å². The van der Waals surface area contributed by atoms with Crippen LogP contribution in [0, 0.1) is 23.7 Å². The van der Waals surface area contributed by atoms with E-state index in [2.05, 4.69) is 5.32 Å². The number of anilines is 1. The molecule has 6 heteroatoms. The van der Waals surface area contributed by atoms with E-state index < -0.39 is 17.8 Å². The van der Waals surface area contributed by atoms with Crippen molar-refractivity contribution in [2.24, 2.45) is 23.7 Å². The highest BCUT2D eigenvalue weighted by molar-refractivity contribution is 5.96. The number of nitrogens with one attached hydrogen (secondary N) is 1. The Morgan fingerprint density at radius 3 is 2.48 bits per heavy atom. The smallest absolute Gasteiger partial charge is 0.307 e. The van der Waals surface area contributed by atoms with Crippen molar-refractivity contribution in [3.05, 3.63) is 18.2 Å². The molecule has 1 amide bonds. The lowest BCUT2D eigenvalue weighted by Crippen LogP contribution is -2.37. The van der Waals surface area contributed by atoms with Crippen LogP contribution in [0.15, 0.2) is 18.2 Å². The van der Waals surface area contributed by atoms with Crippen LogP contribution >= 0.6 is 0 Å². The Hall–Kier alpha value is -2.24. The molecule has 23 heavy (non-hydrogen) atoms. The Labute approximate surface area is 133 Å². The van der Waals surface area contributed by atoms with E-state index in [1.165, 1.54) is 0 Å². The molecule has 0 saturated heterocycles. The second kappa shape index (κ2) is 5.44. The quantitative estimate of drug-likeness (QED) is 0.892. The van der Waals surface area contributed by atoms with Gasteiger partial charge in [-0.25, -0.2) is 0 Å². The maximum absolute atomic E-state index is 12.6. The third kappa shape index (κ3) is 2.42. The van der Waals surface area contributed by atoms with Gasteiger partial charge in [-0.05, 0) is 43.2 Å². The van der Waals surface area contributed by atoms with E-state index in [4.69, 9.17) is 9.47 Å².